The van der Waals surface area contributed by atoms with Gasteiger partial charge in [-0.1, -0.05) is 11.6 Å². The first kappa shape index (κ1) is 18.0. The first-order chi connectivity index (χ1) is 9.53. The topological polar surface area (TPSA) is 81.4 Å². The van der Waals surface area contributed by atoms with Crippen molar-refractivity contribution in [1.82, 2.24) is 4.72 Å². The highest BCUT2D eigenvalue weighted by Gasteiger charge is 2.27. The van der Waals surface area contributed by atoms with Crippen LogP contribution in [0.25, 0.3) is 0 Å². The maximum absolute atomic E-state index is 12.0. The molecule has 10 heteroatoms. The molecule has 0 aliphatic carbocycles. The number of nitrogens with one attached hydrogen (secondary N) is 1. The molecule has 3 N–H and O–H groups in total. The zero-order valence-corrected chi connectivity index (χ0v) is 12.6. The molecule has 0 aliphatic heterocycles. The highest BCUT2D eigenvalue weighted by atomic mass is 35.5. The molecular formula is C11H14ClF3N2O3S. The quantitative estimate of drug-likeness (QED) is 0.610. The second-order valence-electron chi connectivity index (χ2n) is 4.20. The standard InChI is InChI=1S/C11H14ClF3N2O3S/c1-7-4-8(12)9(16)5-10(7)21(18,19)17-2-3-20-6-11(13,14)15/h4-5,17H,2-3,6,16H2,1H3. The van der Waals surface area contributed by atoms with Crippen LogP contribution in [0.4, 0.5) is 18.9 Å². The molecule has 1 aromatic rings. The fourth-order valence-corrected chi connectivity index (χ4v) is 2.96. The lowest BCUT2D eigenvalue weighted by molar-refractivity contribution is -0.173. The third-order valence-corrected chi connectivity index (χ3v) is 4.32. The Morgan fingerprint density at radius 2 is 2.00 bits per heavy atom. The van der Waals surface area contributed by atoms with Gasteiger partial charge in [0.15, 0.2) is 0 Å². The summed E-state index contributed by atoms with van der Waals surface area (Å²) in [6.07, 6.45) is -4.44. The van der Waals surface area contributed by atoms with E-state index in [1.165, 1.54) is 19.1 Å². The Morgan fingerprint density at radius 3 is 2.57 bits per heavy atom. The minimum atomic E-state index is -4.44. The summed E-state index contributed by atoms with van der Waals surface area (Å²) >= 11 is 5.76. The van der Waals surface area contributed by atoms with Gasteiger partial charge in [-0.2, -0.15) is 13.2 Å². The van der Waals surface area contributed by atoms with Crippen molar-refractivity contribution >= 4 is 27.3 Å². The molecule has 0 heterocycles. The summed E-state index contributed by atoms with van der Waals surface area (Å²) in [5, 5.41) is 0.222. The van der Waals surface area contributed by atoms with Crippen LogP contribution in [-0.4, -0.2) is 34.4 Å². The van der Waals surface area contributed by atoms with Crippen LogP contribution >= 0.6 is 11.6 Å². The van der Waals surface area contributed by atoms with E-state index < -0.39 is 29.4 Å². The van der Waals surface area contributed by atoms with Crippen molar-refractivity contribution in [2.75, 3.05) is 25.5 Å². The van der Waals surface area contributed by atoms with Gasteiger partial charge in [0.1, 0.15) is 6.61 Å². The number of halogens is 4. The Kier molecular flexibility index (Phi) is 5.85. The number of hydrogen-bond donors (Lipinski definition) is 2. The Hall–Kier alpha value is -1.03. The highest BCUT2D eigenvalue weighted by molar-refractivity contribution is 7.89. The van der Waals surface area contributed by atoms with Crippen molar-refractivity contribution in [3.8, 4) is 0 Å². The molecule has 5 nitrogen and oxygen atoms in total. The third kappa shape index (κ3) is 5.70. The van der Waals surface area contributed by atoms with E-state index in [9.17, 15) is 21.6 Å². The summed E-state index contributed by atoms with van der Waals surface area (Å²) in [6, 6.07) is 2.59. The van der Waals surface area contributed by atoms with Gasteiger partial charge in [-0.05, 0) is 24.6 Å². The maximum atomic E-state index is 12.0. The molecule has 21 heavy (non-hydrogen) atoms. The van der Waals surface area contributed by atoms with Crippen LogP contribution in [0.2, 0.25) is 5.02 Å². The van der Waals surface area contributed by atoms with E-state index >= 15 is 0 Å². The number of sulfonamides is 1. The average Bonchev–Trinajstić information content (AvgIpc) is 2.31. The van der Waals surface area contributed by atoms with Crippen LogP contribution in [-0.2, 0) is 14.8 Å². The Balaban J connectivity index is 2.64. The number of nitrogen functional groups attached to an aromatic ring is 1. The van der Waals surface area contributed by atoms with E-state index in [4.69, 9.17) is 17.3 Å². The first-order valence-corrected chi connectivity index (χ1v) is 7.59. The van der Waals surface area contributed by atoms with E-state index in [1.807, 2.05) is 0 Å². The average molecular weight is 347 g/mol. The molecule has 0 saturated carbocycles. The molecule has 0 amide bonds. The Bertz CT molecular complexity index is 605. The fraction of sp³-hybridized carbons (Fsp3) is 0.455. The van der Waals surface area contributed by atoms with Gasteiger partial charge in [0.25, 0.3) is 0 Å². The van der Waals surface area contributed by atoms with Crippen LogP contribution < -0.4 is 10.5 Å². The highest BCUT2D eigenvalue weighted by Crippen LogP contribution is 2.26. The molecule has 1 aromatic carbocycles. The van der Waals surface area contributed by atoms with Gasteiger partial charge in [-0.25, -0.2) is 13.1 Å². The molecular weight excluding hydrogens is 333 g/mol. The van der Waals surface area contributed by atoms with Crippen molar-refractivity contribution in [1.29, 1.82) is 0 Å². The summed E-state index contributed by atoms with van der Waals surface area (Å²) in [4.78, 5) is -0.0831. The van der Waals surface area contributed by atoms with Crippen LogP contribution in [0.15, 0.2) is 17.0 Å². The molecule has 0 radical (unpaired) electrons. The van der Waals surface area contributed by atoms with E-state index in [2.05, 4.69) is 9.46 Å². The monoisotopic (exact) mass is 346 g/mol. The van der Waals surface area contributed by atoms with E-state index in [-0.39, 0.29) is 22.2 Å². The van der Waals surface area contributed by atoms with Gasteiger partial charge in [-0.3, -0.25) is 0 Å². The maximum Gasteiger partial charge on any atom is 0.411 e. The number of aryl methyl sites for hydroxylation is 1. The molecule has 0 unspecified atom stereocenters. The van der Waals surface area contributed by atoms with Gasteiger partial charge in [-0.15, -0.1) is 0 Å². The van der Waals surface area contributed by atoms with Crippen molar-refractivity contribution in [2.24, 2.45) is 0 Å². The van der Waals surface area contributed by atoms with E-state index in [1.54, 1.807) is 0 Å². The summed E-state index contributed by atoms with van der Waals surface area (Å²) in [6.45, 7) is -0.594. The zero-order chi connectivity index (χ0) is 16.3. The predicted octanol–water partition coefficient (Wildman–Crippen LogP) is 2.09. The minimum Gasteiger partial charge on any atom is -0.397 e. The molecule has 0 aromatic heterocycles. The number of anilines is 1. The van der Waals surface area contributed by atoms with Crippen molar-refractivity contribution in [3.63, 3.8) is 0 Å². The van der Waals surface area contributed by atoms with Crippen molar-refractivity contribution in [3.05, 3.63) is 22.7 Å². The lowest BCUT2D eigenvalue weighted by atomic mass is 10.2. The van der Waals surface area contributed by atoms with E-state index in [0.29, 0.717) is 5.56 Å². The molecule has 1 rings (SSSR count). The van der Waals surface area contributed by atoms with Gasteiger partial charge in [0, 0.05) is 6.54 Å². The normalized spacial score (nSPS) is 12.6. The minimum absolute atomic E-state index is 0.0831. The number of benzene rings is 1. The lowest BCUT2D eigenvalue weighted by Gasteiger charge is -2.12. The predicted molar refractivity (Wildman–Crippen MR) is 72.7 cm³/mol. The second-order valence-corrected chi connectivity index (χ2v) is 6.35. The molecule has 0 bridgehead atoms. The van der Waals surface area contributed by atoms with Crippen molar-refractivity contribution in [2.45, 2.75) is 18.0 Å². The van der Waals surface area contributed by atoms with Gasteiger partial charge >= 0.3 is 6.18 Å². The molecule has 0 aliphatic rings. The van der Waals surface area contributed by atoms with Gasteiger partial charge in [0.2, 0.25) is 10.0 Å². The number of alkyl halides is 3. The lowest BCUT2D eigenvalue weighted by Crippen LogP contribution is -2.29. The van der Waals surface area contributed by atoms with Crippen LogP contribution in [0, 0.1) is 6.92 Å². The van der Waals surface area contributed by atoms with Crippen LogP contribution in [0.3, 0.4) is 0 Å². The summed E-state index contributed by atoms with van der Waals surface area (Å²) in [5.74, 6) is 0. The number of nitrogens with two attached hydrogens (primary N) is 1. The van der Waals surface area contributed by atoms with Gasteiger partial charge < -0.3 is 10.5 Å². The van der Waals surface area contributed by atoms with E-state index in [0.717, 1.165) is 0 Å². The number of ether oxygens (including phenoxy) is 1. The number of rotatable bonds is 6. The smallest absolute Gasteiger partial charge is 0.397 e. The largest absolute Gasteiger partial charge is 0.411 e. The van der Waals surface area contributed by atoms with Crippen LogP contribution in [0.1, 0.15) is 5.56 Å². The fourth-order valence-electron chi connectivity index (χ4n) is 1.47. The van der Waals surface area contributed by atoms with Gasteiger partial charge in [0.05, 0.1) is 22.2 Å². The Morgan fingerprint density at radius 1 is 1.38 bits per heavy atom. The summed E-state index contributed by atoms with van der Waals surface area (Å²) in [5.41, 5.74) is 6.00. The van der Waals surface area contributed by atoms with Crippen LogP contribution in [0.5, 0.6) is 0 Å². The summed E-state index contributed by atoms with van der Waals surface area (Å²) < 4.78 is 65.9. The zero-order valence-electron chi connectivity index (χ0n) is 11.0. The summed E-state index contributed by atoms with van der Waals surface area (Å²) in [7, 11) is -3.90. The number of hydrogen-bond acceptors (Lipinski definition) is 4. The van der Waals surface area contributed by atoms with Crippen molar-refractivity contribution < 1.29 is 26.3 Å². The Labute approximate surface area is 125 Å². The molecule has 120 valence electrons. The first-order valence-electron chi connectivity index (χ1n) is 5.73. The SMILES string of the molecule is Cc1cc(Cl)c(N)cc1S(=O)(=O)NCCOCC(F)(F)F. The second kappa shape index (κ2) is 6.82. The molecule has 0 saturated heterocycles. The third-order valence-electron chi connectivity index (χ3n) is 2.39. The molecule has 0 fully saturated rings. The molecule has 0 atom stereocenters. The molecule has 0 spiro atoms.